The van der Waals surface area contributed by atoms with Crippen LogP contribution < -0.4 is 0 Å². The molecule has 0 aromatic rings. The molecule has 2 rings (SSSR count). The fraction of sp³-hybridized carbons (Fsp3) is 0.571. The largest absolute Gasteiger partial charge is 0.378 e. The predicted octanol–water partition coefficient (Wildman–Crippen LogP) is -0.185. The number of carbonyl (C=O) groups excluding carboxylic acids is 2. The van der Waals surface area contributed by atoms with E-state index in [1.54, 1.807) is 11.1 Å². The van der Waals surface area contributed by atoms with Crippen LogP contribution in [-0.2, 0) is 19.1 Å². The maximum atomic E-state index is 12.2. The first kappa shape index (κ1) is 14.7. The highest BCUT2D eigenvalue weighted by Crippen LogP contribution is 2.10. The second-order valence-electron chi connectivity index (χ2n) is 4.69. The Kier molecular flexibility index (Phi) is 5.31. The molecular formula is C14H20N2O4. The maximum Gasteiger partial charge on any atom is 0.248 e. The zero-order chi connectivity index (χ0) is 14.4. The zero-order valence-corrected chi connectivity index (χ0v) is 11.5. The molecule has 2 aliphatic rings. The third-order valence-corrected chi connectivity index (χ3v) is 3.41. The maximum absolute atomic E-state index is 12.2. The molecule has 6 heteroatoms. The van der Waals surface area contributed by atoms with E-state index in [1.807, 2.05) is 4.90 Å². The van der Waals surface area contributed by atoms with Crippen molar-refractivity contribution in [3.05, 3.63) is 24.9 Å². The van der Waals surface area contributed by atoms with Crippen LogP contribution in [0, 0.1) is 0 Å². The Morgan fingerprint density at radius 3 is 2.50 bits per heavy atom. The van der Waals surface area contributed by atoms with Gasteiger partial charge in [-0.15, -0.1) is 0 Å². The summed E-state index contributed by atoms with van der Waals surface area (Å²) >= 11 is 0. The summed E-state index contributed by atoms with van der Waals surface area (Å²) in [6.07, 6.45) is 4.53. The van der Waals surface area contributed by atoms with E-state index in [2.05, 4.69) is 6.58 Å². The van der Waals surface area contributed by atoms with Gasteiger partial charge in [-0.3, -0.25) is 9.59 Å². The van der Waals surface area contributed by atoms with E-state index < -0.39 is 6.04 Å². The smallest absolute Gasteiger partial charge is 0.248 e. The molecule has 0 aromatic heterocycles. The molecule has 1 amide bonds. The van der Waals surface area contributed by atoms with Gasteiger partial charge < -0.3 is 19.3 Å². The number of morpholine rings is 2. The van der Waals surface area contributed by atoms with Crippen molar-refractivity contribution in [3.8, 4) is 0 Å². The van der Waals surface area contributed by atoms with E-state index in [4.69, 9.17) is 9.47 Å². The predicted molar refractivity (Wildman–Crippen MR) is 73.1 cm³/mol. The summed E-state index contributed by atoms with van der Waals surface area (Å²) in [5.74, 6) is -0.349. The Balaban J connectivity index is 1.96. The van der Waals surface area contributed by atoms with Crippen molar-refractivity contribution in [1.82, 2.24) is 9.80 Å². The standard InChI is InChI=1S/C14H20N2O4/c1-2-13(17)12-11-20-10-7-16(12)14(18)3-4-15-5-8-19-9-6-15/h2-4,12H,1,5-11H2. The number of ether oxygens (including phenoxy) is 2. The summed E-state index contributed by atoms with van der Waals surface area (Å²) < 4.78 is 10.5. The molecule has 0 spiro atoms. The molecule has 20 heavy (non-hydrogen) atoms. The fourth-order valence-corrected chi connectivity index (χ4v) is 2.23. The van der Waals surface area contributed by atoms with Crippen LogP contribution in [0.2, 0.25) is 0 Å². The van der Waals surface area contributed by atoms with E-state index in [0.29, 0.717) is 26.4 Å². The highest BCUT2D eigenvalue weighted by Gasteiger charge is 2.30. The number of ketones is 1. The summed E-state index contributed by atoms with van der Waals surface area (Å²) in [7, 11) is 0. The minimum atomic E-state index is -0.553. The molecule has 110 valence electrons. The van der Waals surface area contributed by atoms with Crippen LogP contribution in [0.4, 0.5) is 0 Å². The second-order valence-corrected chi connectivity index (χ2v) is 4.69. The molecule has 1 unspecified atom stereocenters. The summed E-state index contributed by atoms with van der Waals surface area (Å²) in [6, 6.07) is -0.553. The van der Waals surface area contributed by atoms with Crippen LogP contribution in [0.1, 0.15) is 0 Å². The Morgan fingerprint density at radius 1 is 1.10 bits per heavy atom. The highest BCUT2D eigenvalue weighted by atomic mass is 16.5. The molecule has 2 fully saturated rings. The quantitative estimate of drug-likeness (QED) is 0.668. The van der Waals surface area contributed by atoms with Gasteiger partial charge in [-0.05, 0) is 6.08 Å². The molecule has 1 atom stereocenters. The summed E-state index contributed by atoms with van der Waals surface area (Å²) in [4.78, 5) is 27.5. The van der Waals surface area contributed by atoms with Gasteiger partial charge in [0.1, 0.15) is 6.04 Å². The minimum absolute atomic E-state index is 0.167. The highest BCUT2D eigenvalue weighted by molar-refractivity contribution is 5.98. The van der Waals surface area contributed by atoms with Crippen LogP contribution in [0.15, 0.2) is 24.9 Å². The Labute approximate surface area is 118 Å². The van der Waals surface area contributed by atoms with Gasteiger partial charge >= 0.3 is 0 Å². The zero-order valence-electron chi connectivity index (χ0n) is 11.5. The number of rotatable bonds is 4. The molecule has 2 heterocycles. The van der Waals surface area contributed by atoms with E-state index >= 15 is 0 Å². The van der Waals surface area contributed by atoms with Crippen LogP contribution >= 0.6 is 0 Å². The fourth-order valence-electron chi connectivity index (χ4n) is 2.23. The average molecular weight is 280 g/mol. The Morgan fingerprint density at radius 2 is 1.80 bits per heavy atom. The lowest BCUT2D eigenvalue weighted by atomic mass is 10.1. The van der Waals surface area contributed by atoms with Crippen molar-refractivity contribution >= 4 is 11.7 Å². The normalized spacial score (nSPS) is 23.9. The average Bonchev–Trinajstić information content (AvgIpc) is 2.52. The number of amides is 1. The van der Waals surface area contributed by atoms with Crippen molar-refractivity contribution in [1.29, 1.82) is 0 Å². The molecule has 2 aliphatic heterocycles. The van der Waals surface area contributed by atoms with Gasteiger partial charge in [0.25, 0.3) is 0 Å². The van der Waals surface area contributed by atoms with Gasteiger partial charge in [0.2, 0.25) is 5.91 Å². The van der Waals surface area contributed by atoms with Crippen LogP contribution in [0.5, 0.6) is 0 Å². The molecule has 0 bridgehead atoms. The van der Waals surface area contributed by atoms with Crippen molar-refractivity contribution in [2.75, 3.05) is 46.1 Å². The summed E-state index contributed by atoms with van der Waals surface area (Å²) in [5.41, 5.74) is 0. The Bertz CT molecular complexity index is 402. The third-order valence-electron chi connectivity index (χ3n) is 3.41. The number of carbonyl (C=O) groups is 2. The SMILES string of the molecule is C=CC(=O)C1COCCN1C(=O)C=CN1CCOCC1. The Hall–Kier alpha value is -1.66. The molecule has 0 aliphatic carbocycles. The first-order valence-corrected chi connectivity index (χ1v) is 6.77. The van der Waals surface area contributed by atoms with Gasteiger partial charge in [0.15, 0.2) is 5.78 Å². The number of nitrogens with zero attached hydrogens (tertiary/aromatic N) is 2. The van der Waals surface area contributed by atoms with Gasteiger partial charge in [-0.25, -0.2) is 0 Å². The lowest BCUT2D eigenvalue weighted by Crippen LogP contribution is -2.51. The van der Waals surface area contributed by atoms with E-state index in [-0.39, 0.29) is 18.3 Å². The molecular weight excluding hydrogens is 260 g/mol. The molecule has 6 nitrogen and oxygen atoms in total. The molecule has 2 saturated heterocycles. The number of hydrogen-bond acceptors (Lipinski definition) is 5. The lowest BCUT2D eigenvalue weighted by Gasteiger charge is -2.33. The topological polar surface area (TPSA) is 59.1 Å². The molecule has 0 aromatic carbocycles. The van der Waals surface area contributed by atoms with Crippen molar-refractivity contribution < 1.29 is 19.1 Å². The van der Waals surface area contributed by atoms with E-state index in [1.165, 1.54) is 12.2 Å². The van der Waals surface area contributed by atoms with Crippen LogP contribution in [0.3, 0.4) is 0 Å². The van der Waals surface area contributed by atoms with Gasteiger partial charge in [0, 0.05) is 31.9 Å². The van der Waals surface area contributed by atoms with E-state index in [0.717, 1.165) is 13.1 Å². The van der Waals surface area contributed by atoms with E-state index in [9.17, 15) is 9.59 Å². The lowest BCUT2D eigenvalue weighted by molar-refractivity contribution is -0.141. The summed E-state index contributed by atoms with van der Waals surface area (Å²) in [6.45, 7) is 7.50. The van der Waals surface area contributed by atoms with Crippen LogP contribution in [0.25, 0.3) is 0 Å². The third kappa shape index (κ3) is 3.68. The molecule has 0 saturated carbocycles. The minimum Gasteiger partial charge on any atom is -0.378 e. The first-order chi connectivity index (χ1) is 9.72. The van der Waals surface area contributed by atoms with Gasteiger partial charge in [-0.1, -0.05) is 6.58 Å². The monoisotopic (exact) mass is 280 g/mol. The van der Waals surface area contributed by atoms with Crippen molar-refractivity contribution in [2.45, 2.75) is 6.04 Å². The first-order valence-electron chi connectivity index (χ1n) is 6.77. The summed E-state index contributed by atoms with van der Waals surface area (Å²) in [5, 5.41) is 0. The molecule has 0 N–H and O–H groups in total. The second kappa shape index (κ2) is 7.21. The van der Waals surface area contributed by atoms with Crippen molar-refractivity contribution in [2.24, 2.45) is 0 Å². The number of hydrogen-bond donors (Lipinski definition) is 0. The van der Waals surface area contributed by atoms with Crippen molar-refractivity contribution in [3.63, 3.8) is 0 Å². The molecule has 0 radical (unpaired) electrons. The van der Waals surface area contributed by atoms with Gasteiger partial charge in [-0.2, -0.15) is 0 Å². The van der Waals surface area contributed by atoms with Crippen LogP contribution in [-0.4, -0.2) is 73.6 Å². The van der Waals surface area contributed by atoms with Gasteiger partial charge in [0.05, 0.1) is 26.4 Å².